The van der Waals surface area contributed by atoms with Crippen LogP contribution >= 0.6 is 34.2 Å². The van der Waals surface area contributed by atoms with Gasteiger partial charge in [0.05, 0.1) is 16.4 Å². The molecule has 2 aromatic rings. The average molecular weight is 423 g/mol. The minimum absolute atomic E-state index is 0.178. The monoisotopic (exact) mass is 422 g/mol. The smallest absolute Gasteiger partial charge is 0.263 e. The van der Waals surface area contributed by atoms with E-state index in [0.717, 1.165) is 3.57 Å². The normalized spacial score (nSPS) is 11.2. The maximum Gasteiger partial charge on any atom is 0.263 e. The third kappa shape index (κ3) is 3.36. The van der Waals surface area contributed by atoms with Gasteiger partial charge in [0.2, 0.25) is 0 Å². The quantitative estimate of drug-likeness (QED) is 0.737. The van der Waals surface area contributed by atoms with Gasteiger partial charge in [0.15, 0.2) is 0 Å². The minimum Gasteiger partial charge on any atom is -0.387 e. The molecule has 2 rings (SSSR count). The molecule has 0 saturated heterocycles. The van der Waals surface area contributed by atoms with Crippen LogP contribution in [0, 0.1) is 3.57 Å². The second-order valence-electron chi connectivity index (χ2n) is 3.98. The highest BCUT2D eigenvalue weighted by atomic mass is 127. The lowest BCUT2D eigenvalue weighted by molar-refractivity contribution is 0.601. The zero-order valence-corrected chi connectivity index (χ0v) is 14.3. The third-order valence-electron chi connectivity index (χ3n) is 2.62. The summed E-state index contributed by atoms with van der Waals surface area (Å²) in [6.45, 7) is 0. The summed E-state index contributed by atoms with van der Waals surface area (Å²) in [6.07, 6.45) is 0. The molecule has 4 nitrogen and oxygen atoms in total. The van der Waals surface area contributed by atoms with E-state index in [-0.39, 0.29) is 4.90 Å². The number of nitrogens with one attached hydrogen (secondary N) is 2. The first kappa shape index (κ1) is 15.4. The molecule has 20 heavy (non-hydrogen) atoms. The zero-order valence-electron chi connectivity index (χ0n) is 10.5. The fraction of sp³-hybridized carbons (Fsp3) is 0.0769. The molecule has 0 atom stereocenters. The maximum atomic E-state index is 12.4. The Morgan fingerprint density at radius 3 is 2.45 bits per heavy atom. The van der Waals surface area contributed by atoms with Crippen LogP contribution in [-0.2, 0) is 10.0 Å². The highest BCUT2D eigenvalue weighted by Crippen LogP contribution is 2.28. The Kier molecular flexibility index (Phi) is 4.77. The van der Waals surface area contributed by atoms with Crippen molar-refractivity contribution in [1.29, 1.82) is 0 Å². The van der Waals surface area contributed by atoms with E-state index in [1.807, 2.05) is 0 Å². The van der Waals surface area contributed by atoms with Gasteiger partial charge < -0.3 is 5.32 Å². The van der Waals surface area contributed by atoms with E-state index in [0.29, 0.717) is 16.4 Å². The second-order valence-corrected chi connectivity index (χ2v) is 7.28. The van der Waals surface area contributed by atoms with Gasteiger partial charge in [-0.15, -0.1) is 0 Å². The summed E-state index contributed by atoms with van der Waals surface area (Å²) in [4.78, 5) is 0.178. The molecule has 2 N–H and O–H groups in total. The summed E-state index contributed by atoms with van der Waals surface area (Å²) in [6, 6.07) is 11.8. The van der Waals surface area contributed by atoms with Gasteiger partial charge in [-0.1, -0.05) is 23.7 Å². The Hall–Kier alpha value is -0.990. The Labute approximate surface area is 136 Å². The molecule has 0 aliphatic rings. The van der Waals surface area contributed by atoms with Crippen LogP contribution in [0.25, 0.3) is 0 Å². The van der Waals surface area contributed by atoms with E-state index < -0.39 is 10.0 Å². The topological polar surface area (TPSA) is 58.2 Å². The van der Waals surface area contributed by atoms with Crippen molar-refractivity contribution in [3.63, 3.8) is 0 Å². The lowest BCUT2D eigenvalue weighted by atomic mass is 10.3. The molecule has 2 aromatic carbocycles. The Morgan fingerprint density at radius 1 is 1.10 bits per heavy atom. The van der Waals surface area contributed by atoms with Gasteiger partial charge in [-0.25, -0.2) is 8.42 Å². The first-order valence-corrected chi connectivity index (χ1v) is 8.62. The van der Waals surface area contributed by atoms with Crippen LogP contribution in [0.4, 0.5) is 11.4 Å². The Morgan fingerprint density at radius 2 is 1.80 bits per heavy atom. The number of halogens is 2. The molecular weight excluding hydrogens is 411 g/mol. The molecule has 0 saturated carbocycles. The summed E-state index contributed by atoms with van der Waals surface area (Å²) in [7, 11) is -2.02. The summed E-state index contributed by atoms with van der Waals surface area (Å²) in [5.74, 6) is 0. The van der Waals surface area contributed by atoms with Gasteiger partial charge in [0.1, 0.15) is 4.90 Å². The predicted octanol–water partition coefficient (Wildman–Crippen LogP) is 3.79. The van der Waals surface area contributed by atoms with Crippen LogP contribution < -0.4 is 10.0 Å². The maximum absolute atomic E-state index is 12.4. The van der Waals surface area contributed by atoms with Gasteiger partial charge in [-0.3, -0.25) is 4.72 Å². The van der Waals surface area contributed by atoms with Gasteiger partial charge in [-0.05, 0) is 52.9 Å². The first-order chi connectivity index (χ1) is 9.44. The largest absolute Gasteiger partial charge is 0.387 e. The number of hydrogen-bond donors (Lipinski definition) is 2. The van der Waals surface area contributed by atoms with E-state index in [1.54, 1.807) is 43.4 Å². The number of para-hydroxylation sites is 1. The SMILES string of the molecule is CNc1ccccc1S(=O)(=O)Nc1ccc(I)cc1Cl. The van der Waals surface area contributed by atoms with E-state index in [2.05, 4.69) is 32.6 Å². The standard InChI is InChI=1S/C13H12ClIN2O2S/c1-16-12-4-2-3-5-13(12)20(18,19)17-11-7-6-9(15)8-10(11)14/h2-8,16-17H,1H3. The molecule has 0 aromatic heterocycles. The van der Waals surface area contributed by atoms with Crippen molar-refractivity contribution in [3.05, 3.63) is 51.1 Å². The van der Waals surface area contributed by atoms with Crippen LogP contribution in [-0.4, -0.2) is 15.5 Å². The molecule has 0 aliphatic carbocycles. The summed E-state index contributed by atoms with van der Waals surface area (Å²) in [5.41, 5.74) is 0.889. The highest BCUT2D eigenvalue weighted by Gasteiger charge is 2.18. The molecule has 0 fully saturated rings. The number of rotatable bonds is 4. The summed E-state index contributed by atoms with van der Waals surface area (Å²) < 4.78 is 28.3. The summed E-state index contributed by atoms with van der Waals surface area (Å²) >= 11 is 8.16. The van der Waals surface area contributed by atoms with Crippen molar-refractivity contribution in [2.75, 3.05) is 17.1 Å². The summed E-state index contributed by atoms with van der Waals surface area (Å²) in [5, 5.41) is 3.22. The predicted molar refractivity (Wildman–Crippen MR) is 91.0 cm³/mol. The number of hydrogen-bond acceptors (Lipinski definition) is 3. The Bertz CT molecular complexity index is 735. The van der Waals surface area contributed by atoms with Gasteiger partial charge in [0.25, 0.3) is 10.0 Å². The Balaban J connectivity index is 2.41. The van der Waals surface area contributed by atoms with Crippen molar-refractivity contribution < 1.29 is 8.42 Å². The van der Waals surface area contributed by atoms with Gasteiger partial charge in [0, 0.05) is 10.6 Å². The van der Waals surface area contributed by atoms with Crippen molar-refractivity contribution in [3.8, 4) is 0 Å². The number of sulfonamides is 1. The van der Waals surface area contributed by atoms with Crippen LogP contribution in [0.5, 0.6) is 0 Å². The molecule has 0 heterocycles. The molecular formula is C13H12ClIN2O2S. The highest BCUT2D eigenvalue weighted by molar-refractivity contribution is 14.1. The van der Waals surface area contributed by atoms with Crippen molar-refractivity contribution in [2.45, 2.75) is 4.90 Å². The van der Waals surface area contributed by atoms with Crippen molar-refractivity contribution in [2.24, 2.45) is 0 Å². The van der Waals surface area contributed by atoms with E-state index in [4.69, 9.17) is 11.6 Å². The van der Waals surface area contributed by atoms with Crippen LogP contribution in [0.15, 0.2) is 47.4 Å². The second kappa shape index (κ2) is 6.19. The zero-order chi connectivity index (χ0) is 14.8. The average Bonchev–Trinajstić information content (AvgIpc) is 2.42. The third-order valence-corrected chi connectivity index (χ3v) is 5.03. The number of anilines is 2. The van der Waals surface area contributed by atoms with Gasteiger partial charge in [-0.2, -0.15) is 0 Å². The van der Waals surface area contributed by atoms with E-state index >= 15 is 0 Å². The lowest BCUT2D eigenvalue weighted by Crippen LogP contribution is -2.15. The van der Waals surface area contributed by atoms with Crippen molar-refractivity contribution >= 4 is 55.6 Å². The first-order valence-electron chi connectivity index (χ1n) is 5.68. The molecule has 0 aliphatic heterocycles. The molecule has 0 radical (unpaired) electrons. The van der Waals surface area contributed by atoms with Gasteiger partial charge >= 0.3 is 0 Å². The molecule has 106 valence electrons. The van der Waals surface area contributed by atoms with E-state index in [1.165, 1.54) is 6.07 Å². The van der Waals surface area contributed by atoms with Crippen LogP contribution in [0.3, 0.4) is 0 Å². The number of benzene rings is 2. The van der Waals surface area contributed by atoms with Crippen LogP contribution in [0.2, 0.25) is 5.02 Å². The fourth-order valence-corrected chi connectivity index (χ4v) is 3.93. The molecule has 0 amide bonds. The molecule has 7 heteroatoms. The fourth-order valence-electron chi connectivity index (χ4n) is 1.68. The molecule has 0 spiro atoms. The van der Waals surface area contributed by atoms with Crippen molar-refractivity contribution in [1.82, 2.24) is 0 Å². The minimum atomic E-state index is -3.69. The van der Waals surface area contributed by atoms with Crippen LogP contribution in [0.1, 0.15) is 0 Å². The lowest BCUT2D eigenvalue weighted by Gasteiger charge is -2.13. The van der Waals surface area contributed by atoms with E-state index in [9.17, 15) is 8.42 Å². The molecule has 0 unspecified atom stereocenters. The molecule has 0 bridgehead atoms.